The Morgan fingerprint density at radius 1 is 0.557 bits per heavy atom. The Balaban J connectivity index is -0.000000168. The Morgan fingerprint density at radius 3 is 1.46 bits per heavy atom. The summed E-state index contributed by atoms with van der Waals surface area (Å²) < 4.78 is 15.7. The van der Waals surface area contributed by atoms with Gasteiger partial charge in [-0.2, -0.15) is 0 Å². The van der Waals surface area contributed by atoms with E-state index in [1.807, 2.05) is 96.9 Å². The Morgan fingerprint density at radius 2 is 1.02 bits per heavy atom. The van der Waals surface area contributed by atoms with Crippen LogP contribution in [0.15, 0.2) is 0 Å². The number of fused-ring (bicyclic) bond motifs is 3. The second-order valence-electron chi connectivity index (χ2n) is 17.6. The molecule has 9 nitrogen and oxygen atoms in total. The molecule has 9 heteroatoms. The number of hydrogen-bond donors (Lipinski definition) is 0. The first-order chi connectivity index (χ1) is 25.8. The fourth-order valence-electron chi connectivity index (χ4n) is 8.21. The molecular formula is C52H104O9. The average molecular weight is 873 g/mol. The molecule has 6 aliphatic rings. The van der Waals surface area contributed by atoms with Gasteiger partial charge in [-0.15, -0.1) is 0 Å². The van der Waals surface area contributed by atoms with Gasteiger partial charge in [0.25, 0.3) is 0 Å². The van der Waals surface area contributed by atoms with Crippen molar-refractivity contribution in [3.63, 3.8) is 0 Å². The first kappa shape index (κ1) is 70.1. The van der Waals surface area contributed by atoms with Gasteiger partial charge in [0.15, 0.2) is 0 Å². The van der Waals surface area contributed by atoms with Gasteiger partial charge in [0, 0.05) is 53.3 Å². The van der Waals surface area contributed by atoms with Gasteiger partial charge in [-0.3, -0.25) is 28.8 Å². The molecule has 3 aliphatic heterocycles. The van der Waals surface area contributed by atoms with Crippen molar-refractivity contribution < 1.29 is 43.0 Å². The highest BCUT2D eigenvalue weighted by Crippen LogP contribution is 2.58. The predicted molar refractivity (Wildman–Crippen MR) is 258 cm³/mol. The number of rotatable bonds is 12. The Labute approximate surface area is 379 Å². The minimum absolute atomic E-state index is 0. The molecule has 3 heterocycles. The van der Waals surface area contributed by atoms with Gasteiger partial charge < -0.3 is 14.2 Å². The summed E-state index contributed by atoms with van der Waals surface area (Å²) in [4.78, 5) is 70.6. The van der Waals surface area contributed by atoms with Gasteiger partial charge in [-0.25, -0.2) is 0 Å². The molecule has 9 unspecified atom stereocenters. The second kappa shape index (κ2) is 31.3. The van der Waals surface area contributed by atoms with Crippen molar-refractivity contribution in [3.05, 3.63) is 0 Å². The van der Waals surface area contributed by atoms with Gasteiger partial charge in [0.2, 0.25) is 0 Å². The van der Waals surface area contributed by atoms with Crippen molar-refractivity contribution in [2.75, 3.05) is 6.61 Å². The molecule has 6 fully saturated rings. The van der Waals surface area contributed by atoms with Crippen LogP contribution in [0, 0.1) is 57.7 Å². The SMILES string of the molecule is C.C.C.C.C.C.CC.CC.CC.CCC(C)(C)C(=O)CC1C2CC3C(=O)OC1C3C2.CCC(C)(C)C(=O)CC1CCC2CC1OC2=O.CCC(C)(C)C(=O)CC1CCOC1=O. The van der Waals surface area contributed by atoms with Crippen LogP contribution < -0.4 is 0 Å². The van der Waals surface area contributed by atoms with Gasteiger partial charge in [0.05, 0.1) is 24.4 Å². The van der Waals surface area contributed by atoms with Crippen LogP contribution >= 0.6 is 0 Å². The smallest absolute Gasteiger partial charge is 0.309 e. The van der Waals surface area contributed by atoms with Gasteiger partial charge in [0.1, 0.15) is 29.6 Å². The molecule has 0 N–H and O–H groups in total. The molecule has 0 radical (unpaired) electrons. The normalized spacial score (nSPS) is 26.6. The molecule has 61 heavy (non-hydrogen) atoms. The molecule has 3 saturated carbocycles. The number of cyclic esters (lactones) is 1. The molecule has 3 aliphatic carbocycles. The lowest BCUT2D eigenvalue weighted by atomic mass is 9.75. The lowest BCUT2D eigenvalue weighted by Gasteiger charge is -2.29. The maximum absolute atomic E-state index is 12.3. The largest absolute Gasteiger partial charge is 0.465 e. The summed E-state index contributed by atoms with van der Waals surface area (Å²) in [6.07, 6.45) is 9.61. The summed E-state index contributed by atoms with van der Waals surface area (Å²) >= 11 is 0. The Kier molecular flexibility index (Phi) is 36.0. The fourth-order valence-corrected chi connectivity index (χ4v) is 8.21. The van der Waals surface area contributed by atoms with E-state index in [0.717, 1.165) is 51.4 Å². The van der Waals surface area contributed by atoms with E-state index in [-0.39, 0.29) is 120 Å². The van der Waals surface area contributed by atoms with E-state index in [1.165, 1.54) is 0 Å². The Bertz CT molecular complexity index is 1280. The predicted octanol–water partition coefficient (Wildman–Crippen LogP) is 14.1. The second-order valence-corrected chi connectivity index (χ2v) is 17.6. The number of carbonyl (C=O) groups is 6. The third-order valence-corrected chi connectivity index (χ3v) is 13.4. The molecule has 3 saturated heterocycles. The summed E-state index contributed by atoms with van der Waals surface area (Å²) in [5.41, 5.74) is -0.772. The monoisotopic (exact) mass is 873 g/mol. The number of Topliss-reactive ketones (excluding diaryl/α,β-unsaturated/α-hetero) is 3. The quantitative estimate of drug-likeness (QED) is 0.139. The van der Waals surface area contributed by atoms with Crippen LogP contribution in [0.3, 0.4) is 0 Å². The number of hydrogen-bond acceptors (Lipinski definition) is 9. The van der Waals surface area contributed by atoms with E-state index in [9.17, 15) is 28.8 Å². The standard InChI is InChI=1S/C15H22O3.C14H22O3.C11H18O3.3C2H6.6CH4/c1-4-15(2,3)12(16)7-9-8-5-10-11(6-8)14(17)18-13(9)10;1-4-14(2,3)12(15)8-9-5-6-10-7-11(9)17-13(10)16;1-4-11(2,3)9(12)7-8-5-6-14-10(8)13;3*1-2;;;;;;/h8-11,13H,4-7H2,1-3H3;9-11H,4-8H2,1-3H3;8H,4-7H2,1-3H3;3*1-2H3;6*1H4. The minimum atomic E-state index is -0.303. The van der Waals surface area contributed by atoms with E-state index in [4.69, 9.17) is 14.2 Å². The number of ketones is 3. The average Bonchev–Trinajstić information content (AvgIpc) is 3.99. The molecule has 4 bridgehead atoms. The van der Waals surface area contributed by atoms with Gasteiger partial charge in [-0.05, 0) is 63.7 Å². The van der Waals surface area contributed by atoms with Crippen LogP contribution in [-0.2, 0) is 43.0 Å². The van der Waals surface area contributed by atoms with Crippen molar-refractivity contribution in [1.82, 2.24) is 0 Å². The van der Waals surface area contributed by atoms with E-state index in [0.29, 0.717) is 61.6 Å². The van der Waals surface area contributed by atoms with Crippen LogP contribution in [-0.4, -0.2) is 54.1 Å². The first-order valence-corrected chi connectivity index (χ1v) is 22.0. The van der Waals surface area contributed by atoms with Crippen LogP contribution in [0.1, 0.15) is 225 Å². The molecule has 0 spiro atoms. The number of carbonyl (C=O) groups excluding carboxylic acids is 6. The maximum atomic E-state index is 12.3. The molecule has 9 atom stereocenters. The molecule has 0 amide bonds. The van der Waals surface area contributed by atoms with Crippen molar-refractivity contribution in [2.24, 2.45) is 57.7 Å². The van der Waals surface area contributed by atoms with Crippen LogP contribution in [0.4, 0.5) is 0 Å². The third-order valence-electron chi connectivity index (χ3n) is 13.4. The first-order valence-electron chi connectivity index (χ1n) is 22.0. The van der Waals surface area contributed by atoms with Crippen molar-refractivity contribution >= 4 is 35.3 Å². The molecule has 0 aromatic heterocycles. The van der Waals surface area contributed by atoms with Crippen molar-refractivity contribution in [2.45, 2.75) is 238 Å². The lowest BCUT2D eigenvalue weighted by molar-refractivity contribution is -0.146. The summed E-state index contributed by atoms with van der Waals surface area (Å²) in [5.74, 6) is 2.19. The maximum Gasteiger partial charge on any atom is 0.309 e. The van der Waals surface area contributed by atoms with Crippen LogP contribution in [0.5, 0.6) is 0 Å². The van der Waals surface area contributed by atoms with Gasteiger partial charge in [-0.1, -0.05) is 148 Å². The molecule has 366 valence electrons. The topological polar surface area (TPSA) is 130 Å². The van der Waals surface area contributed by atoms with E-state index in [1.54, 1.807) is 0 Å². The van der Waals surface area contributed by atoms with E-state index < -0.39 is 0 Å². The van der Waals surface area contributed by atoms with Crippen LogP contribution in [0.25, 0.3) is 0 Å². The third kappa shape index (κ3) is 17.8. The van der Waals surface area contributed by atoms with Crippen LogP contribution in [0.2, 0.25) is 0 Å². The number of ether oxygens (including phenoxy) is 3. The molecular weight excluding hydrogens is 769 g/mol. The summed E-state index contributed by atoms with van der Waals surface area (Å²) in [6, 6.07) is 0. The highest BCUT2D eigenvalue weighted by atomic mass is 16.6. The van der Waals surface area contributed by atoms with Crippen molar-refractivity contribution in [1.29, 1.82) is 0 Å². The van der Waals surface area contributed by atoms with Crippen molar-refractivity contribution in [3.8, 4) is 0 Å². The zero-order valence-corrected chi connectivity index (χ0v) is 37.6. The highest BCUT2D eigenvalue weighted by Gasteiger charge is 2.62. The Hall–Kier alpha value is -2.58. The molecule has 0 aromatic rings. The lowest BCUT2D eigenvalue weighted by Crippen LogP contribution is -2.33. The minimum Gasteiger partial charge on any atom is -0.465 e. The highest BCUT2D eigenvalue weighted by molar-refractivity contribution is 5.88. The zero-order chi connectivity index (χ0) is 42.5. The molecule has 6 rings (SSSR count). The zero-order valence-electron chi connectivity index (χ0n) is 37.6. The van der Waals surface area contributed by atoms with E-state index in [2.05, 4.69) is 6.92 Å². The van der Waals surface area contributed by atoms with E-state index >= 15 is 0 Å². The fraction of sp³-hybridized carbons (Fsp3) is 0.885. The number of esters is 3. The van der Waals surface area contributed by atoms with Gasteiger partial charge >= 0.3 is 17.9 Å². The summed E-state index contributed by atoms with van der Waals surface area (Å²) in [5, 5.41) is 0. The molecule has 0 aromatic carbocycles. The summed E-state index contributed by atoms with van der Waals surface area (Å²) in [7, 11) is 0. The summed E-state index contributed by atoms with van der Waals surface area (Å²) in [6.45, 7) is 30.5.